The van der Waals surface area contributed by atoms with Crippen molar-refractivity contribution in [3.63, 3.8) is 0 Å². The molecule has 84 valence electrons. The summed E-state index contributed by atoms with van der Waals surface area (Å²) in [5.74, 6) is 0.215. The number of halogens is 1. The zero-order valence-corrected chi connectivity index (χ0v) is 9.86. The summed E-state index contributed by atoms with van der Waals surface area (Å²) < 4.78 is 24.9. The Bertz CT molecular complexity index is 325. The largest absolute Gasteiger partial charge is 0.254 e. The maximum atomic E-state index is 13.2. The number of unbranched alkanes of at least 4 members (excludes halogenated alkanes) is 3. The standard InChI is InChI=1S/C12H17FOS/c1-2-3-4-7-10-15(14)12-9-6-5-8-11(12)13/h5-6,8-9H,2-4,7,10H2,1H3. The summed E-state index contributed by atoms with van der Waals surface area (Å²) in [6, 6.07) is 6.31. The molecule has 1 nitrogen and oxygen atoms in total. The molecule has 0 radical (unpaired) electrons. The molecule has 15 heavy (non-hydrogen) atoms. The lowest BCUT2D eigenvalue weighted by molar-refractivity contribution is 0.594. The zero-order chi connectivity index (χ0) is 11.1. The molecular weight excluding hydrogens is 211 g/mol. The van der Waals surface area contributed by atoms with Crippen molar-refractivity contribution in [3.8, 4) is 0 Å². The molecule has 1 unspecified atom stereocenters. The number of benzene rings is 1. The van der Waals surface area contributed by atoms with Crippen molar-refractivity contribution in [3.05, 3.63) is 30.1 Å². The molecule has 0 aliphatic carbocycles. The second-order valence-electron chi connectivity index (χ2n) is 3.54. The van der Waals surface area contributed by atoms with Crippen molar-refractivity contribution in [2.45, 2.75) is 37.5 Å². The number of hydrogen-bond donors (Lipinski definition) is 0. The van der Waals surface area contributed by atoms with Crippen LogP contribution < -0.4 is 0 Å². The van der Waals surface area contributed by atoms with Gasteiger partial charge in [-0.05, 0) is 18.6 Å². The molecule has 1 rings (SSSR count). The second kappa shape index (κ2) is 6.72. The molecule has 1 aromatic carbocycles. The first-order valence-corrected chi connectivity index (χ1v) is 6.70. The van der Waals surface area contributed by atoms with Gasteiger partial charge in [-0.3, -0.25) is 4.21 Å². The van der Waals surface area contributed by atoms with Crippen molar-refractivity contribution >= 4 is 10.8 Å². The summed E-state index contributed by atoms with van der Waals surface area (Å²) >= 11 is 0. The third kappa shape index (κ3) is 4.12. The minimum absolute atomic E-state index is 0.342. The fourth-order valence-corrected chi connectivity index (χ4v) is 2.60. The maximum Gasteiger partial charge on any atom is 0.139 e. The van der Waals surface area contributed by atoms with Gasteiger partial charge in [0, 0.05) is 5.75 Å². The van der Waals surface area contributed by atoms with Crippen LogP contribution in [0.3, 0.4) is 0 Å². The van der Waals surface area contributed by atoms with Gasteiger partial charge in [0.2, 0.25) is 0 Å². The molecule has 0 heterocycles. The third-order valence-corrected chi connectivity index (χ3v) is 3.75. The lowest BCUT2D eigenvalue weighted by Crippen LogP contribution is -2.00. The van der Waals surface area contributed by atoms with Gasteiger partial charge in [-0.25, -0.2) is 4.39 Å². The summed E-state index contributed by atoms with van der Waals surface area (Å²) in [7, 11) is -1.17. The lowest BCUT2D eigenvalue weighted by atomic mass is 10.2. The van der Waals surface area contributed by atoms with Crippen LogP contribution in [0.4, 0.5) is 4.39 Å². The highest BCUT2D eigenvalue weighted by atomic mass is 32.2. The van der Waals surface area contributed by atoms with Gasteiger partial charge >= 0.3 is 0 Å². The first-order valence-electron chi connectivity index (χ1n) is 5.38. The van der Waals surface area contributed by atoms with Gasteiger partial charge in [0.15, 0.2) is 0 Å². The molecule has 0 saturated carbocycles. The predicted molar refractivity (Wildman–Crippen MR) is 61.8 cm³/mol. The second-order valence-corrected chi connectivity index (χ2v) is 5.08. The molecule has 0 spiro atoms. The molecule has 0 aromatic heterocycles. The van der Waals surface area contributed by atoms with Crippen molar-refractivity contribution in [1.82, 2.24) is 0 Å². The molecule has 0 bridgehead atoms. The van der Waals surface area contributed by atoms with Crippen LogP contribution in [-0.2, 0) is 10.8 Å². The molecule has 0 saturated heterocycles. The van der Waals surface area contributed by atoms with Crippen LogP contribution in [0.2, 0.25) is 0 Å². The van der Waals surface area contributed by atoms with Crippen molar-refractivity contribution in [1.29, 1.82) is 0 Å². The molecule has 0 fully saturated rings. The third-order valence-electron chi connectivity index (χ3n) is 2.27. The highest BCUT2D eigenvalue weighted by Gasteiger charge is 2.08. The first-order chi connectivity index (χ1) is 7.25. The highest BCUT2D eigenvalue weighted by molar-refractivity contribution is 7.85. The fraction of sp³-hybridized carbons (Fsp3) is 0.500. The Kier molecular flexibility index (Phi) is 5.54. The quantitative estimate of drug-likeness (QED) is 0.681. The van der Waals surface area contributed by atoms with Crippen LogP contribution >= 0.6 is 0 Å². The Hall–Kier alpha value is -0.700. The van der Waals surface area contributed by atoms with Gasteiger partial charge < -0.3 is 0 Å². The van der Waals surface area contributed by atoms with E-state index in [1.807, 2.05) is 0 Å². The predicted octanol–water partition coefficient (Wildman–Crippen LogP) is 3.51. The molecule has 0 aliphatic rings. The van der Waals surface area contributed by atoms with Crippen LogP contribution in [0, 0.1) is 5.82 Å². The van der Waals surface area contributed by atoms with E-state index in [1.165, 1.54) is 6.07 Å². The van der Waals surface area contributed by atoms with Crippen LogP contribution in [0.5, 0.6) is 0 Å². The van der Waals surface area contributed by atoms with Crippen LogP contribution in [0.1, 0.15) is 32.6 Å². The van der Waals surface area contributed by atoms with Gasteiger partial charge in [0.1, 0.15) is 5.82 Å². The fourth-order valence-electron chi connectivity index (χ4n) is 1.40. The molecule has 1 aromatic rings. The van der Waals surface area contributed by atoms with E-state index in [0.717, 1.165) is 25.7 Å². The summed E-state index contributed by atoms with van der Waals surface area (Å²) in [5, 5.41) is 0. The zero-order valence-electron chi connectivity index (χ0n) is 9.04. The van der Waals surface area contributed by atoms with Gasteiger partial charge in [0.25, 0.3) is 0 Å². The monoisotopic (exact) mass is 228 g/mol. The molecule has 1 atom stereocenters. The van der Waals surface area contributed by atoms with E-state index in [1.54, 1.807) is 18.2 Å². The Labute approximate surface area is 93.2 Å². The van der Waals surface area contributed by atoms with Crippen molar-refractivity contribution < 1.29 is 8.60 Å². The summed E-state index contributed by atoms with van der Waals surface area (Å²) in [5.41, 5.74) is 0. The molecular formula is C12H17FOS. The van der Waals surface area contributed by atoms with Crippen molar-refractivity contribution in [2.75, 3.05) is 5.75 Å². The van der Waals surface area contributed by atoms with Gasteiger partial charge in [0.05, 0.1) is 15.7 Å². The normalized spacial score (nSPS) is 12.7. The van der Waals surface area contributed by atoms with Crippen LogP contribution in [-0.4, -0.2) is 9.96 Å². The van der Waals surface area contributed by atoms with Crippen LogP contribution in [0.25, 0.3) is 0 Å². The van der Waals surface area contributed by atoms with Gasteiger partial charge in [-0.2, -0.15) is 0 Å². The van der Waals surface area contributed by atoms with E-state index >= 15 is 0 Å². The average Bonchev–Trinajstić information content (AvgIpc) is 2.25. The maximum absolute atomic E-state index is 13.2. The minimum atomic E-state index is -1.17. The summed E-state index contributed by atoms with van der Waals surface area (Å²) in [6.07, 6.45) is 4.31. The number of rotatable bonds is 6. The SMILES string of the molecule is CCCCCCS(=O)c1ccccc1F. The van der Waals surface area contributed by atoms with Gasteiger partial charge in [-0.1, -0.05) is 38.3 Å². The molecule has 3 heteroatoms. The van der Waals surface area contributed by atoms with E-state index < -0.39 is 10.8 Å². The van der Waals surface area contributed by atoms with Crippen molar-refractivity contribution in [2.24, 2.45) is 0 Å². The Morgan fingerprint density at radius 1 is 1.20 bits per heavy atom. The highest BCUT2D eigenvalue weighted by Crippen LogP contribution is 2.13. The molecule has 0 aliphatic heterocycles. The average molecular weight is 228 g/mol. The number of hydrogen-bond acceptors (Lipinski definition) is 1. The molecule has 0 N–H and O–H groups in total. The van der Waals surface area contributed by atoms with E-state index in [0.29, 0.717) is 10.6 Å². The minimum Gasteiger partial charge on any atom is -0.254 e. The Morgan fingerprint density at radius 2 is 1.93 bits per heavy atom. The first kappa shape index (κ1) is 12.4. The topological polar surface area (TPSA) is 17.1 Å². The Balaban J connectivity index is 2.44. The van der Waals surface area contributed by atoms with E-state index in [2.05, 4.69) is 6.92 Å². The summed E-state index contributed by atoms with van der Waals surface area (Å²) in [6.45, 7) is 2.13. The summed E-state index contributed by atoms with van der Waals surface area (Å²) in [4.78, 5) is 0.342. The van der Waals surface area contributed by atoms with E-state index in [9.17, 15) is 8.60 Å². The van der Waals surface area contributed by atoms with E-state index in [-0.39, 0.29) is 5.82 Å². The Morgan fingerprint density at radius 3 is 2.60 bits per heavy atom. The lowest BCUT2D eigenvalue weighted by Gasteiger charge is -2.02. The van der Waals surface area contributed by atoms with Crippen LogP contribution in [0.15, 0.2) is 29.2 Å². The van der Waals surface area contributed by atoms with Gasteiger partial charge in [-0.15, -0.1) is 0 Å². The molecule has 0 amide bonds. The van der Waals surface area contributed by atoms with E-state index in [4.69, 9.17) is 0 Å². The smallest absolute Gasteiger partial charge is 0.139 e.